The molecule has 5 nitrogen and oxygen atoms in total. The number of hydrogen-bond acceptors (Lipinski definition) is 3. The Bertz CT molecular complexity index is 775. The second kappa shape index (κ2) is 8.53. The van der Waals surface area contributed by atoms with Gasteiger partial charge >= 0.3 is 0 Å². The molecule has 0 saturated carbocycles. The van der Waals surface area contributed by atoms with Gasteiger partial charge in [-0.15, -0.1) is 0 Å². The van der Waals surface area contributed by atoms with E-state index in [1.807, 2.05) is 37.3 Å². The van der Waals surface area contributed by atoms with Gasteiger partial charge in [-0.3, -0.25) is 9.59 Å². The number of nitrogens with one attached hydrogen (secondary N) is 2. The maximum Gasteiger partial charge on any atom is 0.243 e. The number of amides is 2. The predicted molar refractivity (Wildman–Crippen MR) is 102 cm³/mol. The third kappa shape index (κ3) is 5.50. The van der Waals surface area contributed by atoms with Gasteiger partial charge in [0.25, 0.3) is 0 Å². The minimum absolute atomic E-state index is 0.00476. The van der Waals surface area contributed by atoms with Crippen molar-refractivity contribution < 1.29 is 9.59 Å². The van der Waals surface area contributed by atoms with E-state index in [1.54, 1.807) is 31.1 Å². The van der Waals surface area contributed by atoms with Crippen LogP contribution < -0.4 is 10.6 Å². The Hall–Kier alpha value is -2.53. The molecule has 0 aliphatic rings. The van der Waals surface area contributed by atoms with Crippen molar-refractivity contribution in [3.05, 3.63) is 58.6 Å². The molecule has 0 saturated heterocycles. The van der Waals surface area contributed by atoms with E-state index in [2.05, 4.69) is 10.6 Å². The zero-order valence-electron chi connectivity index (χ0n) is 14.6. The van der Waals surface area contributed by atoms with E-state index in [4.69, 9.17) is 11.6 Å². The number of nitrogens with zero attached hydrogens (tertiary/aromatic N) is 1. The summed E-state index contributed by atoms with van der Waals surface area (Å²) in [5, 5.41) is 6.37. The first-order valence-electron chi connectivity index (χ1n) is 7.94. The van der Waals surface area contributed by atoms with Gasteiger partial charge in [0, 0.05) is 19.8 Å². The molecule has 132 valence electrons. The third-order valence-corrected chi connectivity index (χ3v) is 4.01. The van der Waals surface area contributed by atoms with Gasteiger partial charge in [0.15, 0.2) is 0 Å². The van der Waals surface area contributed by atoms with E-state index in [1.165, 1.54) is 0 Å². The van der Waals surface area contributed by atoms with Crippen LogP contribution in [0.5, 0.6) is 0 Å². The number of carbonyl (C=O) groups is 2. The zero-order chi connectivity index (χ0) is 18.4. The lowest BCUT2D eigenvalue weighted by molar-refractivity contribution is -0.127. The maximum atomic E-state index is 12.2. The average Bonchev–Trinajstić information content (AvgIpc) is 2.56. The quantitative estimate of drug-likeness (QED) is 0.831. The Balaban J connectivity index is 1.99. The lowest BCUT2D eigenvalue weighted by Crippen LogP contribution is -2.25. The highest BCUT2D eigenvalue weighted by Gasteiger charge is 2.11. The molecule has 2 amide bonds. The van der Waals surface area contributed by atoms with Gasteiger partial charge in [-0.2, -0.15) is 0 Å². The van der Waals surface area contributed by atoms with E-state index >= 15 is 0 Å². The topological polar surface area (TPSA) is 61.4 Å². The molecule has 0 aliphatic heterocycles. The fourth-order valence-electron chi connectivity index (χ4n) is 2.26. The second-order valence-corrected chi connectivity index (χ2v) is 6.41. The van der Waals surface area contributed by atoms with Crippen molar-refractivity contribution in [1.29, 1.82) is 0 Å². The van der Waals surface area contributed by atoms with Gasteiger partial charge < -0.3 is 15.5 Å². The monoisotopic (exact) mass is 359 g/mol. The molecule has 0 aliphatic carbocycles. The van der Waals surface area contributed by atoms with Crippen LogP contribution in [0.3, 0.4) is 0 Å². The first-order chi connectivity index (χ1) is 11.9. The van der Waals surface area contributed by atoms with Crippen molar-refractivity contribution >= 4 is 34.8 Å². The first-order valence-corrected chi connectivity index (χ1v) is 8.32. The number of hydrogen-bond donors (Lipinski definition) is 2. The summed E-state index contributed by atoms with van der Waals surface area (Å²) in [4.78, 5) is 25.6. The number of halogens is 1. The van der Waals surface area contributed by atoms with Crippen molar-refractivity contribution in [1.82, 2.24) is 4.90 Å². The summed E-state index contributed by atoms with van der Waals surface area (Å²) in [6.45, 7) is 2.02. The molecule has 0 fully saturated rings. The molecule has 0 spiro atoms. The van der Waals surface area contributed by atoms with Crippen molar-refractivity contribution in [3.63, 3.8) is 0 Å². The largest absolute Gasteiger partial charge is 0.376 e. The zero-order valence-corrected chi connectivity index (χ0v) is 15.4. The minimum atomic E-state index is -0.209. The van der Waals surface area contributed by atoms with Crippen LogP contribution in [0.15, 0.2) is 42.5 Å². The first kappa shape index (κ1) is 18.8. The van der Waals surface area contributed by atoms with Crippen LogP contribution in [0.25, 0.3) is 0 Å². The lowest BCUT2D eigenvalue weighted by atomic mass is 10.1. The Morgan fingerprint density at radius 2 is 1.80 bits per heavy atom. The smallest absolute Gasteiger partial charge is 0.243 e. The predicted octanol–water partition coefficient (Wildman–Crippen LogP) is 3.33. The van der Waals surface area contributed by atoms with Crippen LogP contribution in [0, 0.1) is 6.92 Å². The number of aryl methyl sites for hydroxylation is 1. The van der Waals surface area contributed by atoms with Crippen LogP contribution >= 0.6 is 11.6 Å². The van der Waals surface area contributed by atoms with E-state index in [9.17, 15) is 9.59 Å². The average molecular weight is 360 g/mol. The van der Waals surface area contributed by atoms with Crippen LogP contribution in [-0.2, 0) is 16.0 Å². The summed E-state index contributed by atoms with van der Waals surface area (Å²) < 4.78 is 0. The van der Waals surface area contributed by atoms with E-state index in [-0.39, 0.29) is 24.8 Å². The third-order valence-electron chi connectivity index (χ3n) is 3.70. The normalized spacial score (nSPS) is 10.2. The number of anilines is 2. The van der Waals surface area contributed by atoms with Gasteiger partial charge in [-0.1, -0.05) is 35.9 Å². The molecule has 2 N–H and O–H groups in total. The van der Waals surface area contributed by atoms with Crippen molar-refractivity contribution in [2.75, 3.05) is 31.3 Å². The summed E-state index contributed by atoms with van der Waals surface area (Å²) in [6.07, 6.45) is 0.279. The highest BCUT2D eigenvalue weighted by atomic mass is 35.5. The molecule has 0 atom stereocenters. The number of benzene rings is 2. The molecule has 2 aromatic rings. The van der Waals surface area contributed by atoms with E-state index in [0.717, 1.165) is 16.8 Å². The summed E-state index contributed by atoms with van der Waals surface area (Å²) in [5.41, 5.74) is 3.22. The van der Waals surface area contributed by atoms with Gasteiger partial charge in [-0.25, -0.2) is 0 Å². The molecule has 0 bridgehead atoms. The second-order valence-electron chi connectivity index (χ2n) is 6.01. The molecule has 25 heavy (non-hydrogen) atoms. The maximum absolute atomic E-state index is 12.2. The number of likely N-dealkylation sites (N-methyl/N-ethyl adjacent to an activating group) is 1. The van der Waals surface area contributed by atoms with Gasteiger partial charge in [0.1, 0.15) is 0 Å². The fourth-order valence-corrected chi connectivity index (χ4v) is 2.54. The van der Waals surface area contributed by atoms with Crippen LogP contribution in [-0.4, -0.2) is 37.4 Å². The molecule has 0 aromatic heterocycles. The summed E-state index contributed by atoms with van der Waals surface area (Å²) >= 11 is 6.13. The lowest BCUT2D eigenvalue weighted by Gasteiger charge is -2.14. The van der Waals surface area contributed by atoms with Gasteiger partial charge in [0.2, 0.25) is 11.8 Å². The Labute approximate surface area is 153 Å². The standard InChI is InChI=1S/C19H22ClN3O2/c1-13-8-9-17(15(20)10-13)22-18(24)12-21-16-7-5-4-6-14(16)11-19(25)23(2)3/h4-10,21H,11-12H2,1-3H3,(H,22,24). The Kier molecular flexibility index (Phi) is 6.42. The molecule has 0 radical (unpaired) electrons. The number of carbonyl (C=O) groups excluding carboxylic acids is 2. The van der Waals surface area contributed by atoms with E-state index in [0.29, 0.717) is 10.7 Å². The van der Waals surface area contributed by atoms with Gasteiger partial charge in [-0.05, 0) is 36.2 Å². The molecule has 2 aromatic carbocycles. The van der Waals surface area contributed by atoms with E-state index < -0.39 is 0 Å². The van der Waals surface area contributed by atoms with Gasteiger partial charge in [0.05, 0.1) is 23.7 Å². The summed E-state index contributed by atoms with van der Waals surface area (Å²) in [5.74, 6) is -0.204. The SMILES string of the molecule is Cc1ccc(NC(=O)CNc2ccccc2CC(=O)N(C)C)c(Cl)c1. The van der Waals surface area contributed by atoms with Crippen molar-refractivity contribution in [2.24, 2.45) is 0 Å². The van der Waals surface area contributed by atoms with Crippen LogP contribution in [0.2, 0.25) is 5.02 Å². The van der Waals surface area contributed by atoms with Crippen molar-refractivity contribution in [2.45, 2.75) is 13.3 Å². The molecular formula is C19H22ClN3O2. The highest BCUT2D eigenvalue weighted by Crippen LogP contribution is 2.22. The van der Waals surface area contributed by atoms with Crippen LogP contribution in [0.1, 0.15) is 11.1 Å². The summed E-state index contributed by atoms with van der Waals surface area (Å²) in [7, 11) is 3.44. The molecular weight excluding hydrogens is 338 g/mol. The molecule has 0 heterocycles. The fraction of sp³-hybridized carbons (Fsp3) is 0.263. The molecule has 2 rings (SSSR count). The summed E-state index contributed by atoms with van der Waals surface area (Å²) in [6, 6.07) is 12.9. The number of rotatable bonds is 6. The van der Waals surface area contributed by atoms with Crippen LogP contribution in [0.4, 0.5) is 11.4 Å². The molecule has 0 unspecified atom stereocenters. The highest BCUT2D eigenvalue weighted by molar-refractivity contribution is 6.33. The molecule has 6 heteroatoms. The minimum Gasteiger partial charge on any atom is -0.376 e. The van der Waals surface area contributed by atoms with Crippen molar-refractivity contribution in [3.8, 4) is 0 Å². The Morgan fingerprint density at radius 1 is 1.08 bits per heavy atom. The number of para-hydroxylation sites is 1. The Morgan fingerprint density at radius 3 is 2.48 bits per heavy atom.